The number of ether oxygens (including phenoxy) is 1. The molecule has 6 nitrogen and oxygen atoms in total. The zero-order chi connectivity index (χ0) is 19.5. The number of hydrogen-bond acceptors (Lipinski definition) is 5. The Balaban J connectivity index is 2.18. The van der Waals surface area contributed by atoms with Crippen LogP contribution in [-0.4, -0.2) is 16.9 Å². The fourth-order valence-electron chi connectivity index (χ4n) is 2.16. The molecule has 0 bridgehead atoms. The van der Waals surface area contributed by atoms with Crippen LogP contribution in [0.5, 0.6) is 5.75 Å². The van der Waals surface area contributed by atoms with Crippen molar-refractivity contribution in [2.75, 3.05) is 5.32 Å². The standard InChI is InChI=1S/C17H15F3N2O4/c1-10-4-3-5-13(8-10)26-16(23)11(2)21-14-7-6-12(17(18,19)20)9-15(14)22(24)25/h3-9,11,21H,1-2H3/t11-/m0/s1. The molecule has 26 heavy (non-hydrogen) atoms. The summed E-state index contributed by atoms with van der Waals surface area (Å²) in [5, 5.41) is 13.6. The van der Waals surface area contributed by atoms with E-state index in [0.717, 1.165) is 11.6 Å². The van der Waals surface area contributed by atoms with Crippen LogP contribution in [0.15, 0.2) is 42.5 Å². The van der Waals surface area contributed by atoms with Crippen LogP contribution in [0.4, 0.5) is 24.5 Å². The number of nitrogens with one attached hydrogen (secondary N) is 1. The smallest absolute Gasteiger partial charge is 0.416 e. The van der Waals surface area contributed by atoms with Crippen LogP contribution in [0.2, 0.25) is 0 Å². The fraction of sp³-hybridized carbons (Fsp3) is 0.235. The molecule has 9 heteroatoms. The molecule has 0 aromatic heterocycles. The largest absolute Gasteiger partial charge is 0.425 e. The van der Waals surface area contributed by atoms with Crippen LogP contribution in [0, 0.1) is 17.0 Å². The zero-order valence-electron chi connectivity index (χ0n) is 13.8. The number of benzene rings is 2. The van der Waals surface area contributed by atoms with E-state index in [9.17, 15) is 28.1 Å². The Morgan fingerprint density at radius 1 is 1.23 bits per heavy atom. The van der Waals surface area contributed by atoms with Gasteiger partial charge < -0.3 is 10.1 Å². The second-order valence-electron chi connectivity index (χ2n) is 5.59. The van der Waals surface area contributed by atoms with Crippen molar-refractivity contribution in [3.8, 4) is 5.75 Å². The molecule has 2 aromatic carbocycles. The first-order chi connectivity index (χ1) is 12.1. The van der Waals surface area contributed by atoms with E-state index >= 15 is 0 Å². The number of nitro benzene ring substituents is 1. The number of rotatable bonds is 5. The van der Waals surface area contributed by atoms with Gasteiger partial charge in [0.25, 0.3) is 5.69 Å². The first kappa shape index (κ1) is 19.2. The fourth-order valence-corrected chi connectivity index (χ4v) is 2.16. The summed E-state index contributed by atoms with van der Waals surface area (Å²) in [6.45, 7) is 3.20. The average molecular weight is 368 g/mol. The minimum absolute atomic E-state index is 0.211. The van der Waals surface area contributed by atoms with Gasteiger partial charge in [-0.15, -0.1) is 0 Å². The Morgan fingerprint density at radius 2 is 1.92 bits per heavy atom. The normalized spacial score (nSPS) is 12.3. The van der Waals surface area contributed by atoms with E-state index < -0.39 is 34.4 Å². The maximum atomic E-state index is 12.7. The van der Waals surface area contributed by atoms with E-state index in [-0.39, 0.29) is 5.69 Å². The van der Waals surface area contributed by atoms with Gasteiger partial charge in [0.15, 0.2) is 0 Å². The lowest BCUT2D eigenvalue weighted by molar-refractivity contribution is -0.384. The molecule has 0 aliphatic rings. The molecular weight excluding hydrogens is 353 g/mol. The second-order valence-corrected chi connectivity index (χ2v) is 5.59. The number of alkyl halides is 3. The number of nitro groups is 1. The number of hydrogen-bond donors (Lipinski definition) is 1. The van der Waals surface area contributed by atoms with E-state index in [1.54, 1.807) is 18.2 Å². The van der Waals surface area contributed by atoms with Gasteiger partial charge in [0.2, 0.25) is 0 Å². The summed E-state index contributed by atoms with van der Waals surface area (Å²) in [7, 11) is 0. The van der Waals surface area contributed by atoms with Gasteiger partial charge >= 0.3 is 12.1 Å². The Bertz CT molecular complexity index is 837. The molecule has 0 saturated carbocycles. The third-order valence-electron chi connectivity index (χ3n) is 3.46. The number of aryl methyl sites for hydroxylation is 1. The third kappa shape index (κ3) is 4.71. The number of esters is 1. The molecule has 0 amide bonds. The van der Waals surface area contributed by atoms with Gasteiger partial charge in [0, 0.05) is 6.07 Å². The first-order valence-electron chi connectivity index (χ1n) is 7.48. The topological polar surface area (TPSA) is 81.5 Å². The Labute approximate surface area is 146 Å². The predicted molar refractivity (Wildman–Crippen MR) is 88.0 cm³/mol. The number of anilines is 1. The monoisotopic (exact) mass is 368 g/mol. The molecule has 0 spiro atoms. The molecule has 0 aliphatic heterocycles. The van der Waals surface area contributed by atoms with Gasteiger partial charge in [0.05, 0.1) is 10.5 Å². The van der Waals surface area contributed by atoms with Crippen molar-refractivity contribution in [2.24, 2.45) is 0 Å². The van der Waals surface area contributed by atoms with Crippen LogP contribution in [-0.2, 0) is 11.0 Å². The minimum Gasteiger partial charge on any atom is -0.425 e. The maximum absolute atomic E-state index is 12.7. The van der Waals surface area contributed by atoms with Crippen molar-refractivity contribution < 1.29 is 27.6 Å². The molecule has 1 N–H and O–H groups in total. The Morgan fingerprint density at radius 3 is 2.50 bits per heavy atom. The zero-order valence-corrected chi connectivity index (χ0v) is 13.8. The number of carbonyl (C=O) groups is 1. The number of carbonyl (C=O) groups excluding carboxylic acids is 1. The summed E-state index contributed by atoms with van der Waals surface area (Å²) in [4.78, 5) is 22.2. The number of nitrogens with zero attached hydrogens (tertiary/aromatic N) is 1. The van der Waals surface area contributed by atoms with Gasteiger partial charge in [-0.1, -0.05) is 12.1 Å². The van der Waals surface area contributed by atoms with Gasteiger partial charge in [-0.25, -0.2) is 4.79 Å². The molecule has 0 radical (unpaired) electrons. The maximum Gasteiger partial charge on any atom is 0.416 e. The van der Waals surface area contributed by atoms with Gasteiger partial charge in [-0.3, -0.25) is 10.1 Å². The molecule has 138 valence electrons. The van der Waals surface area contributed by atoms with E-state index in [0.29, 0.717) is 17.9 Å². The van der Waals surface area contributed by atoms with E-state index in [1.807, 2.05) is 13.0 Å². The van der Waals surface area contributed by atoms with Crippen LogP contribution < -0.4 is 10.1 Å². The molecule has 0 saturated heterocycles. The quantitative estimate of drug-likeness (QED) is 0.368. The highest BCUT2D eigenvalue weighted by molar-refractivity contribution is 5.82. The van der Waals surface area contributed by atoms with E-state index in [4.69, 9.17) is 4.74 Å². The predicted octanol–water partition coefficient (Wildman–Crippen LogP) is 4.33. The van der Waals surface area contributed by atoms with Gasteiger partial charge in [0.1, 0.15) is 17.5 Å². The summed E-state index contributed by atoms with van der Waals surface area (Å²) in [6.07, 6.45) is -4.71. The van der Waals surface area contributed by atoms with Crippen LogP contribution in [0.3, 0.4) is 0 Å². The molecule has 0 unspecified atom stereocenters. The molecule has 0 fully saturated rings. The molecule has 0 heterocycles. The van der Waals surface area contributed by atoms with Crippen LogP contribution in [0.1, 0.15) is 18.1 Å². The van der Waals surface area contributed by atoms with Gasteiger partial charge in [-0.2, -0.15) is 13.2 Å². The lowest BCUT2D eigenvalue weighted by Crippen LogP contribution is -2.30. The molecule has 2 aromatic rings. The van der Waals surface area contributed by atoms with E-state index in [2.05, 4.69) is 5.32 Å². The molecule has 2 rings (SSSR count). The van der Waals surface area contributed by atoms with E-state index in [1.165, 1.54) is 6.92 Å². The summed E-state index contributed by atoms with van der Waals surface area (Å²) in [6, 6.07) is 7.71. The molecule has 1 atom stereocenters. The minimum atomic E-state index is -4.71. The molecule has 0 aliphatic carbocycles. The van der Waals surface area contributed by atoms with Crippen molar-refractivity contribution >= 4 is 17.3 Å². The summed E-state index contributed by atoms with van der Waals surface area (Å²) < 4.78 is 43.3. The summed E-state index contributed by atoms with van der Waals surface area (Å²) in [5.41, 5.74) is -1.27. The highest BCUT2D eigenvalue weighted by atomic mass is 19.4. The van der Waals surface area contributed by atoms with Crippen molar-refractivity contribution in [3.63, 3.8) is 0 Å². The highest BCUT2D eigenvalue weighted by Gasteiger charge is 2.33. The Hall–Kier alpha value is -3.10. The number of halogens is 3. The second kappa shape index (κ2) is 7.42. The van der Waals surface area contributed by atoms with Gasteiger partial charge in [-0.05, 0) is 43.7 Å². The van der Waals surface area contributed by atoms with Crippen molar-refractivity contribution in [1.29, 1.82) is 0 Å². The lowest BCUT2D eigenvalue weighted by Gasteiger charge is -2.15. The molecular formula is C17H15F3N2O4. The summed E-state index contributed by atoms with van der Waals surface area (Å²) in [5.74, 6) is -0.435. The van der Waals surface area contributed by atoms with Crippen LogP contribution in [0.25, 0.3) is 0 Å². The highest BCUT2D eigenvalue weighted by Crippen LogP contribution is 2.35. The summed E-state index contributed by atoms with van der Waals surface area (Å²) >= 11 is 0. The van der Waals surface area contributed by atoms with Crippen molar-refractivity contribution in [3.05, 3.63) is 63.7 Å². The van der Waals surface area contributed by atoms with Crippen molar-refractivity contribution in [2.45, 2.75) is 26.1 Å². The average Bonchev–Trinajstić information content (AvgIpc) is 2.53. The third-order valence-corrected chi connectivity index (χ3v) is 3.46. The lowest BCUT2D eigenvalue weighted by atomic mass is 10.1. The first-order valence-corrected chi connectivity index (χ1v) is 7.48. The SMILES string of the molecule is Cc1cccc(OC(=O)[C@H](C)Nc2ccc(C(F)(F)F)cc2[N+](=O)[O-])c1. The Kier molecular flexibility index (Phi) is 5.49. The van der Waals surface area contributed by atoms with Crippen LogP contribution >= 0.6 is 0 Å². The van der Waals surface area contributed by atoms with Crippen molar-refractivity contribution in [1.82, 2.24) is 0 Å².